The Morgan fingerprint density at radius 1 is 1.36 bits per heavy atom. The van der Waals surface area contributed by atoms with Crippen LogP contribution in [0.15, 0.2) is 0 Å². The Bertz CT molecular complexity index is 123. The summed E-state index contributed by atoms with van der Waals surface area (Å²) in [5, 5.41) is 3.34. The summed E-state index contributed by atoms with van der Waals surface area (Å²) in [6, 6.07) is 0. The molecule has 0 atom stereocenters. The van der Waals surface area contributed by atoms with Gasteiger partial charge in [0.25, 0.3) is 0 Å². The highest BCUT2D eigenvalue weighted by Crippen LogP contribution is 1.92. The van der Waals surface area contributed by atoms with Gasteiger partial charge in [0.05, 0.1) is 0 Å². The Hall–Kier alpha value is -0.130. The van der Waals surface area contributed by atoms with Crippen LogP contribution in [0.4, 0.5) is 0 Å². The van der Waals surface area contributed by atoms with Gasteiger partial charge in [-0.1, -0.05) is 0 Å². The SMILES string of the molecule is CC#CCCNCCCSC. The van der Waals surface area contributed by atoms with Crippen molar-refractivity contribution in [3.05, 3.63) is 0 Å². The quantitative estimate of drug-likeness (QED) is 0.482. The third-order valence-electron chi connectivity index (χ3n) is 1.31. The minimum Gasteiger partial charge on any atom is -0.316 e. The third-order valence-corrected chi connectivity index (χ3v) is 2.00. The number of rotatable bonds is 6. The van der Waals surface area contributed by atoms with Gasteiger partial charge in [0.15, 0.2) is 0 Å². The Balaban J connectivity index is 2.83. The molecule has 0 spiro atoms. The number of thioether (sulfide) groups is 1. The third kappa shape index (κ3) is 9.87. The van der Waals surface area contributed by atoms with E-state index in [9.17, 15) is 0 Å². The van der Waals surface area contributed by atoms with Gasteiger partial charge in [0.2, 0.25) is 0 Å². The highest BCUT2D eigenvalue weighted by atomic mass is 32.2. The highest BCUT2D eigenvalue weighted by Gasteiger charge is 1.84. The second kappa shape index (κ2) is 9.87. The fourth-order valence-corrected chi connectivity index (χ4v) is 1.18. The van der Waals surface area contributed by atoms with E-state index < -0.39 is 0 Å². The van der Waals surface area contributed by atoms with Gasteiger partial charge in [0, 0.05) is 13.0 Å². The molecule has 0 heterocycles. The summed E-state index contributed by atoms with van der Waals surface area (Å²) in [4.78, 5) is 0. The van der Waals surface area contributed by atoms with Crippen LogP contribution in [0.25, 0.3) is 0 Å². The molecule has 0 rings (SSSR count). The van der Waals surface area contributed by atoms with Crippen LogP contribution in [0, 0.1) is 11.8 Å². The molecule has 0 aliphatic carbocycles. The maximum absolute atomic E-state index is 3.34. The lowest BCUT2D eigenvalue weighted by Gasteiger charge is -1.99. The van der Waals surface area contributed by atoms with Gasteiger partial charge in [-0.15, -0.1) is 11.8 Å². The zero-order chi connectivity index (χ0) is 8.36. The van der Waals surface area contributed by atoms with E-state index >= 15 is 0 Å². The number of hydrogen-bond donors (Lipinski definition) is 1. The fraction of sp³-hybridized carbons (Fsp3) is 0.778. The van der Waals surface area contributed by atoms with Gasteiger partial charge in [-0.3, -0.25) is 0 Å². The van der Waals surface area contributed by atoms with Gasteiger partial charge >= 0.3 is 0 Å². The van der Waals surface area contributed by atoms with E-state index in [4.69, 9.17) is 0 Å². The lowest BCUT2D eigenvalue weighted by Crippen LogP contribution is -2.16. The lowest BCUT2D eigenvalue weighted by atomic mass is 10.4. The van der Waals surface area contributed by atoms with Gasteiger partial charge in [-0.25, -0.2) is 0 Å². The van der Waals surface area contributed by atoms with E-state index in [-0.39, 0.29) is 0 Å². The Morgan fingerprint density at radius 3 is 2.82 bits per heavy atom. The molecule has 0 unspecified atom stereocenters. The van der Waals surface area contributed by atoms with Crippen molar-refractivity contribution < 1.29 is 0 Å². The normalized spacial score (nSPS) is 8.91. The first-order chi connectivity index (χ1) is 5.41. The van der Waals surface area contributed by atoms with Crippen LogP contribution in [0.2, 0.25) is 0 Å². The summed E-state index contributed by atoms with van der Waals surface area (Å²) < 4.78 is 0. The van der Waals surface area contributed by atoms with Crippen LogP contribution in [0.3, 0.4) is 0 Å². The van der Waals surface area contributed by atoms with Crippen molar-refractivity contribution in [2.45, 2.75) is 19.8 Å². The molecule has 0 aromatic rings. The van der Waals surface area contributed by atoms with Crippen molar-refractivity contribution in [1.29, 1.82) is 0 Å². The topological polar surface area (TPSA) is 12.0 Å². The minimum atomic E-state index is 0.982. The molecule has 0 fully saturated rings. The molecule has 1 nitrogen and oxygen atoms in total. The molecule has 64 valence electrons. The second-order valence-electron chi connectivity index (χ2n) is 2.27. The monoisotopic (exact) mass is 171 g/mol. The molecule has 0 radical (unpaired) electrons. The predicted molar refractivity (Wildman–Crippen MR) is 53.9 cm³/mol. The van der Waals surface area contributed by atoms with Crippen molar-refractivity contribution in [2.75, 3.05) is 25.1 Å². The molecule has 0 saturated heterocycles. The van der Waals surface area contributed by atoms with Crippen LogP contribution in [-0.2, 0) is 0 Å². The fourth-order valence-electron chi connectivity index (χ4n) is 0.742. The molecule has 0 aliphatic rings. The van der Waals surface area contributed by atoms with E-state index in [0.717, 1.165) is 19.5 Å². The first-order valence-electron chi connectivity index (χ1n) is 4.01. The summed E-state index contributed by atoms with van der Waals surface area (Å²) >= 11 is 1.90. The maximum Gasteiger partial charge on any atom is 0.0214 e. The highest BCUT2D eigenvalue weighted by molar-refractivity contribution is 7.98. The van der Waals surface area contributed by atoms with Gasteiger partial charge in [0.1, 0.15) is 0 Å². The van der Waals surface area contributed by atoms with E-state index in [2.05, 4.69) is 23.4 Å². The zero-order valence-electron chi connectivity index (χ0n) is 7.44. The van der Waals surface area contributed by atoms with E-state index in [1.165, 1.54) is 12.2 Å². The first kappa shape index (κ1) is 10.9. The summed E-state index contributed by atoms with van der Waals surface area (Å²) in [6.45, 7) is 4.05. The molecule has 0 amide bonds. The Labute approximate surface area is 74.3 Å². The van der Waals surface area contributed by atoms with E-state index in [1.54, 1.807) is 0 Å². The number of hydrogen-bond acceptors (Lipinski definition) is 2. The largest absolute Gasteiger partial charge is 0.316 e. The smallest absolute Gasteiger partial charge is 0.0214 e. The molecule has 11 heavy (non-hydrogen) atoms. The average Bonchev–Trinajstić information content (AvgIpc) is 2.03. The van der Waals surface area contributed by atoms with Crippen LogP contribution >= 0.6 is 11.8 Å². The molecule has 0 aromatic carbocycles. The molecule has 0 aromatic heterocycles. The molecule has 0 bridgehead atoms. The van der Waals surface area contributed by atoms with Gasteiger partial charge in [-0.2, -0.15) is 11.8 Å². The molecule has 2 heteroatoms. The summed E-state index contributed by atoms with van der Waals surface area (Å²) in [5.74, 6) is 7.15. The van der Waals surface area contributed by atoms with Crippen LogP contribution in [0.5, 0.6) is 0 Å². The van der Waals surface area contributed by atoms with Crippen molar-refractivity contribution >= 4 is 11.8 Å². The predicted octanol–water partition coefficient (Wildman–Crippen LogP) is 1.74. The van der Waals surface area contributed by atoms with Crippen LogP contribution in [-0.4, -0.2) is 25.1 Å². The van der Waals surface area contributed by atoms with E-state index in [1.807, 2.05) is 18.7 Å². The van der Waals surface area contributed by atoms with Crippen molar-refractivity contribution in [1.82, 2.24) is 5.32 Å². The first-order valence-corrected chi connectivity index (χ1v) is 5.40. The van der Waals surface area contributed by atoms with Crippen LogP contribution < -0.4 is 5.32 Å². The lowest BCUT2D eigenvalue weighted by molar-refractivity contribution is 0.686. The standard InChI is InChI=1S/C9H17NS/c1-3-4-5-7-10-8-6-9-11-2/h10H,5-9H2,1-2H3. The molecule has 0 aliphatic heterocycles. The second-order valence-corrected chi connectivity index (χ2v) is 3.26. The Kier molecular flexibility index (Phi) is 9.75. The average molecular weight is 171 g/mol. The molecular formula is C9H17NS. The molecule has 1 N–H and O–H groups in total. The Morgan fingerprint density at radius 2 is 2.18 bits per heavy atom. The summed E-state index contributed by atoms with van der Waals surface area (Å²) in [5.41, 5.74) is 0. The van der Waals surface area contributed by atoms with E-state index in [0.29, 0.717) is 0 Å². The van der Waals surface area contributed by atoms with Crippen molar-refractivity contribution in [3.8, 4) is 11.8 Å². The minimum absolute atomic E-state index is 0.982. The van der Waals surface area contributed by atoms with Crippen molar-refractivity contribution in [2.24, 2.45) is 0 Å². The maximum atomic E-state index is 3.34. The van der Waals surface area contributed by atoms with Gasteiger partial charge in [-0.05, 0) is 31.9 Å². The summed E-state index contributed by atoms with van der Waals surface area (Å²) in [6.07, 6.45) is 4.39. The molecular weight excluding hydrogens is 154 g/mol. The van der Waals surface area contributed by atoms with Crippen LogP contribution in [0.1, 0.15) is 19.8 Å². The summed E-state index contributed by atoms with van der Waals surface area (Å²) in [7, 11) is 0. The van der Waals surface area contributed by atoms with Crippen molar-refractivity contribution in [3.63, 3.8) is 0 Å². The molecule has 0 saturated carbocycles. The van der Waals surface area contributed by atoms with Gasteiger partial charge < -0.3 is 5.32 Å². The number of nitrogens with one attached hydrogen (secondary N) is 1. The zero-order valence-corrected chi connectivity index (χ0v) is 8.26.